The number of alkyl halides is 2. The molecule has 2 aromatic rings. The molecule has 4 heteroatoms. The van der Waals surface area contributed by atoms with E-state index in [0.29, 0.717) is 5.92 Å². The van der Waals surface area contributed by atoms with Crippen LogP contribution in [0.25, 0.3) is 0 Å². The number of halogens is 2. The van der Waals surface area contributed by atoms with Crippen LogP contribution in [0.2, 0.25) is 0 Å². The lowest BCUT2D eigenvalue weighted by Crippen LogP contribution is -2.17. The second-order valence-corrected chi connectivity index (χ2v) is 13.7. The molecule has 2 aromatic carbocycles. The van der Waals surface area contributed by atoms with Crippen LogP contribution in [0.1, 0.15) is 26.7 Å². The van der Waals surface area contributed by atoms with E-state index >= 15 is 0 Å². The monoisotopic (exact) mass is 478 g/mol. The van der Waals surface area contributed by atoms with Crippen LogP contribution >= 0.6 is 39.0 Å². The summed E-state index contributed by atoms with van der Waals surface area (Å²) < 4.78 is 14.3. The summed E-state index contributed by atoms with van der Waals surface area (Å²) in [6, 6.07) is 19.9. The molecule has 0 bridgehead atoms. The van der Waals surface area contributed by atoms with Crippen molar-refractivity contribution in [2.75, 3.05) is 0 Å². The summed E-state index contributed by atoms with van der Waals surface area (Å²) in [6.45, 7) is 4.37. The first-order valence-corrected chi connectivity index (χ1v) is 12.0. The molecule has 0 heterocycles. The van der Waals surface area contributed by atoms with Crippen molar-refractivity contribution in [1.82, 2.24) is 0 Å². The van der Waals surface area contributed by atoms with E-state index in [1.807, 2.05) is 60.7 Å². The molecular formula is C21H21Br2OP. The highest BCUT2D eigenvalue weighted by Gasteiger charge is 2.73. The van der Waals surface area contributed by atoms with Gasteiger partial charge in [-0.3, -0.25) is 0 Å². The number of rotatable bonds is 4. The van der Waals surface area contributed by atoms with Crippen LogP contribution in [0.5, 0.6) is 0 Å². The molecule has 0 aromatic heterocycles. The van der Waals surface area contributed by atoms with Gasteiger partial charge in [0.25, 0.3) is 0 Å². The number of benzene rings is 2. The van der Waals surface area contributed by atoms with E-state index in [0.717, 1.165) is 15.9 Å². The number of hydrogen-bond acceptors (Lipinski definition) is 1. The minimum Gasteiger partial charge on any atom is -0.309 e. The maximum Gasteiger partial charge on any atom is 0.166 e. The Labute approximate surface area is 166 Å². The van der Waals surface area contributed by atoms with Crippen LogP contribution in [0.3, 0.4) is 0 Å². The van der Waals surface area contributed by atoms with Crippen molar-refractivity contribution in [2.45, 2.75) is 29.9 Å². The van der Waals surface area contributed by atoms with Crippen molar-refractivity contribution in [3.63, 3.8) is 0 Å². The van der Waals surface area contributed by atoms with E-state index in [4.69, 9.17) is 0 Å². The highest BCUT2D eigenvalue weighted by Crippen LogP contribution is 2.81. The molecular weight excluding hydrogens is 459 g/mol. The molecule has 0 aliphatic heterocycles. The van der Waals surface area contributed by atoms with Crippen LogP contribution in [0.15, 0.2) is 71.6 Å². The summed E-state index contributed by atoms with van der Waals surface area (Å²) >= 11 is 7.78. The third kappa shape index (κ3) is 2.50. The van der Waals surface area contributed by atoms with Gasteiger partial charge in [0.15, 0.2) is 7.14 Å². The molecule has 0 amide bonds. The Morgan fingerprint density at radius 2 is 1.40 bits per heavy atom. The molecule has 130 valence electrons. The first-order valence-electron chi connectivity index (χ1n) is 8.66. The molecule has 2 aliphatic rings. The quantitative estimate of drug-likeness (QED) is 0.377. The Balaban J connectivity index is 1.95. The normalized spacial score (nSPS) is 27.0. The molecule has 2 fully saturated rings. The van der Waals surface area contributed by atoms with Crippen molar-refractivity contribution in [1.29, 1.82) is 0 Å². The van der Waals surface area contributed by atoms with E-state index in [-0.39, 0.29) is 8.65 Å². The van der Waals surface area contributed by atoms with Gasteiger partial charge < -0.3 is 4.57 Å². The van der Waals surface area contributed by atoms with Gasteiger partial charge in [-0.1, -0.05) is 99.4 Å². The number of allylic oxidation sites excluding steroid dienone is 2. The van der Waals surface area contributed by atoms with E-state index in [1.165, 1.54) is 18.4 Å². The lowest BCUT2D eigenvalue weighted by atomic mass is 10.0. The first kappa shape index (κ1) is 17.8. The van der Waals surface area contributed by atoms with E-state index < -0.39 is 7.14 Å². The third-order valence-electron chi connectivity index (χ3n) is 5.89. The zero-order chi connectivity index (χ0) is 17.9. The van der Waals surface area contributed by atoms with E-state index in [1.54, 1.807) is 0 Å². The summed E-state index contributed by atoms with van der Waals surface area (Å²) in [5, 5.41) is 2.84. The Kier molecular flexibility index (Phi) is 4.22. The number of hydrogen-bond donors (Lipinski definition) is 0. The Morgan fingerprint density at radius 1 is 0.960 bits per heavy atom. The molecule has 1 unspecified atom stereocenters. The van der Waals surface area contributed by atoms with Crippen molar-refractivity contribution >= 4 is 49.6 Å². The third-order valence-corrected chi connectivity index (χ3v) is 11.6. The zero-order valence-corrected chi connectivity index (χ0v) is 18.4. The van der Waals surface area contributed by atoms with Crippen molar-refractivity contribution in [2.24, 2.45) is 11.3 Å². The zero-order valence-electron chi connectivity index (χ0n) is 14.4. The Bertz CT molecular complexity index is 841. The molecule has 25 heavy (non-hydrogen) atoms. The SMILES string of the molecule is C/C(=C1/C(Br)(Br)C1(C)C1CC1)P(=O)(c1ccccc1)c1ccccc1. The second kappa shape index (κ2) is 5.94. The summed E-state index contributed by atoms with van der Waals surface area (Å²) in [6.07, 6.45) is 2.51. The van der Waals surface area contributed by atoms with Crippen LogP contribution in [-0.2, 0) is 4.57 Å². The molecule has 0 radical (unpaired) electrons. The largest absolute Gasteiger partial charge is 0.309 e. The van der Waals surface area contributed by atoms with Gasteiger partial charge in [0.05, 0.1) is 0 Å². The van der Waals surface area contributed by atoms with E-state index in [2.05, 4.69) is 45.7 Å². The summed E-state index contributed by atoms with van der Waals surface area (Å²) in [7, 11) is -2.86. The maximum atomic E-state index is 14.5. The van der Waals surface area contributed by atoms with Crippen molar-refractivity contribution in [3.8, 4) is 0 Å². The second-order valence-electron chi connectivity index (χ2n) is 7.29. The van der Waals surface area contributed by atoms with Gasteiger partial charge in [0.1, 0.15) is 3.23 Å². The fourth-order valence-corrected chi connectivity index (χ4v) is 9.71. The molecule has 2 saturated carbocycles. The molecule has 0 saturated heterocycles. The predicted octanol–water partition coefficient (Wildman–Crippen LogP) is 6.19. The molecule has 0 spiro atoms. The minimum absolute atomic E-state index is 0.0519. The van der Waals surface area contributed by atoms with Gasteiger partial charge in [-0.25, -0.2) is 0 Å². The highest BCUT2D eigenvalue weighted by molar-refractivity contribution is 9.25. The maximum absolute atomic E-state index is 14.5. The van der Waals surface area contributed by atoms with Crippen LogP contribution in [0.4, 0.5) is 0 Å². The Morgan fingerprint density at radius 3 is 1.80 bits per heavy atom. The predicted molar refractivity (Wildman–Crippen MR) is 114 cm³/mol. The molecule has 1 nitrogen and oxygen atoms in total. The van der Waals surface area contributed by atoms with Gasteiger partial charge >= 0.3 is 0 Å². The van der Waals surface area contributed by atoms with Gasteiger partial charge in [0, 0.05) is 16.0 Å². The smallest absolute Gasteiger partial charge is 0.166 e. The topological polar surface area (TPSA) is 17.1 Å². The van der Waals surface area contributed by atoms with Crippen LogP contribution in [-0.4, -0.2) is 3.23 Å². The van der Waals surface area contributed by atoms with Gasteiger partial charge in [0.2, 0.25) is 0 Å². The Hall–Kier alpha value is -0.630. The average Bonchev–Trinajstić information content (AvgIpc) is 3.53. The summed E-state index contributed by atoms with van der Waals surface area (Å²) in [5.41, 5.74) is 1.33. The lowest BCUT2D eigenvalue weighted by molar-refractivity contribution is 0.516. The molecule has 4 rings (SSSR count). The van der Waals surface area contributed by atoms with Crippen LogP contribution < -0.4 is 10.6 Å². The fourth-order valence-electron chi connectivity index (χ4n) is 4.17. The average molecular weight is 480 g/mol. The minimum atomic E-state index is -2.86. The summed E-state index contributed by atoms with van der Waals surface area (Å²) in [5.74, 6) is 0.677. The van der Waals surface area contributed by atoms with Crippen LogP contribution in [0, 0.1) is 11.3 Å². The van der Waals surface area contributed by atoms with E-state index in [9.17, 15) is 4.57 Å². The van der Waals surface area contributed by atoms with Gasteiger partial charge in [-0.05, 0) is 36.6 Å². The molecule has 1 atom stereocenters. The first-order chi connectivity index (χ1) is 11.8. The van der Waals surface area contributed by atoms with Crippen molar-refractivity contribution < 1.29 is 4.57 Å². The van der Waals surface area contributed by atoms with Gasteiger partial charge in [-0.15, -0.1) is 0 Å². The molecule has 2 aliphatic carbocycles. The van der Waals surface area contributed by atoms with Crippen molar-refractivity contribution in [3.05, 3.63) is 71.6 Å². The fraction of sp³-hybridized carbons (Fsp3) is 0.333. The lowest BCUT2D eigenvalue weighted by Gasteiger charge is -2.21. The standard InChI is InChI=1S/C21H21Br2OP/c1-15(19-20(2,16-13-14-16)21(19,22)23)25(24,17-9-5-3-6-10-17)18-11-7-4-8-12-18/h3-12,16H,13-14H2,1-2H3/b19-15-. The highest BCUT2D eigenvalue weighted by atomic mass is 79.9. The molecule has 0 N–H and O–H groups in total. The summed E-state index contributed by atoms with van der Waals surface area (Å²) in [4.78, 5) is 0. The van der Waals surface area contributed by atoms with Gasteiger partial charge in [-0.2, -0.15) is 0 Å².